The number of carbonyl (C=O) groups excluding carboxylic acids is 2. The third-order valence-corrected chi connectivity index (χ3v) is 4.43. The molecule has 0 aliphatic carbocycles. The fourth-order valence-corrected chi connectivity index (χ4v) is 2.91. The van der Waals surface area contributed by atoms with Crippen molar-refractivity contribution in [3.05, 3.63) is 94.2 Å². The number of esters is 2. The molecule has 0 amide bonds. The van der Waals surface area contributed by atoms with Crippen LogP contribution in [-0.2, 0) is 19.1 Å². The van der Waals surface area contributed by atoms with Crippen LogP contribution in [-0.4, -0.2) is 26.2 Å². The number of hydrogen-bond acceptors (Lipinski definition) is 6. The average Bonchev–Trinajstić information content (AvgIpc) is 2.82. The van der Waals surface area contributed by atoms with Crippen LogP contribution in [0.3, 0.4) is 0 Å². The lowest BCUT2D eigenvalue weighted by atomic mass is 10.00. The number of hydrogen-bond donors (Lipinski definition) is 0. The summed E-state index contributed by atoms with van der Waals surface area (Å²) in [4.78, 5) is 36.8. The standard InChI is InChI=1S/C25H20O6/c1-29-21(26)15-13-19-23(28)20(14-16-22(27)30-2)25(18-11-7-4-8-12-18)31-24(19)17-9-5-3-6-10-17/h3-16H,1-2H3/b15-13+,16-14+. The molecule has 2 aromatic carbocycles. The molecule has 0 aliphatic rings. The predicted octanol–water partition coefficient (Wildman–Crippen LogP) is 4.35. The summed E-state index contributed by atoms with van der Waals surface area (Å²) in [7, 11) is 2.49. The van der Waals surface area contributed by atoms with Crippen molar-refractivity contribution in [2.45, 2.75) is 0 Å². The minimum Gasteiger partial charge on any atom is -0.466 e. The maximum absolute atomic E-state index is 13.5. The first-order chi connectivity index (χ1) is 15.0. The van der Waals surface area contributed by atoms with Crippen molar-refractivity contribution in [1.82, 2.24) is 0 Å². The van der Waals surface area contributed by atoms with Gasteiger partial charge in [0.1, 0.15) is 11.5 Å². The molecule has 0 saturated heterocycles. The molecule has 1 heterocycles. The van der Waals surface area contributed by atoms with Crippen LogP contribution in [0.5, 0.6) is 0 Å². The molecule has 1 aromatic heterocycles. The second-order valence-electron chi connectivity index (χ2n) is 6.36. The van der Waals surface area contributed by atoms with Gasteiger partial charge in [-0.15, -0.1) is 0 Å². The highest BCUT2D eigenvalue weighted by atomic mass is 16.5. The summed E-state index contributed by atoms with van der Waals surface area (Å²) in [5.41, 5.74) is 1.21. The highest BCUT2D eigenvalue weighted by Gasteiger charge is 2.19. The Morgan fingerprint density at radius 2 is 1.10 bits per heavy atom. The molecule has 0 N–H and O–H groups in total. The summed E-state index contributed by atoms with van der Waals surface area (Å²) in [5.74, 6) is -0.644. The number of carbonyl (C=O) groups is 2. The van der Waals surface area contributed by atoms with E-state index >= 15 is 0 Å². The molecule has 156 valence electrons. The largest absolute Gasteiger partial charge is 0.466 e. The third-order valence-electron chi connectivity index (χ3n) is 4.43. The maximum atomic E-state index is 13.5. The van der Waals surface area contributed by atoms with Gasteiger partial charge < -0.3 is 13.9 Å². The molecule has 6 heteroatoms. The molecule has 0 atom stereocenters. The average molecular weight is 416 g/mol. The van der Waals surface area contributed by atoms with Gasteiger partial charge in [-0.3, -0.25) is 4.79 Å². The lowest BCUT2D eigenvalue weighted by Crippen LogP contribution is -2.13. The molecule has 6 nitrogen and oxygen atoms in total. The Labute approximate surface area is 179 Å². The molecule has 0 saturated carbocycles. The molecule has 0 aliphatic heterocycles. The summed E-state index contributed by atoms with van der Waals surface area (Å²) < 4.78 is 15.5. The van der Waals surface area contributed by atoms with Crippen molar-refractivity contribution in [2.24, 2.45) is 0 Å². The normalized spacial score (nSPS) is 11.0. The quantitative estimate of drug-likeness (QED) is 0.439. The Kier molecular flexibility index (Phi) is 6.96. The fraction of sp³-hybridized carbons (Fsp3) is 0.0800. The summed E-state index contributed by atoms with van der Waals surface area (Å²) >= 11 is 0. The van der Waals surface area contributed by atoms with E-state index in [1.807, 2.05) is 36.4 Å². The molecular formula is C25H20O6. The Hall–Kier alpha value is -4.19. The molecular weight excluding hydrogens is 396 g/mol. The molecule has 3 aromatic rings. The Morgan fingerprint density at radius 1 is 0.710 bits per heavy atom. The molecule has 0 radical (unpaired) electrons. The van der Waals surface area contributed by atoms with Crippen LogP contribution in [0.15, 0.2) is 82.0 Å². The van der Waals surface area contributed by atoms with E-state index in [4.69, 9.17) is 4.42 Å². The van der Waals surface area contributed by atoms with Crippen LogP contribution in [0, 0.1) is 0 Å². The van der Waals surface area contributed by atoms with E-state index in [0.29, 0.717) is 22.6 Å². The summed E-state index contributed by atoms with van der Waals surface area (Å²) in [6, 6.07) is 18.1. The van der Waals surface area contributed by atoms with Crippen molar-refractivity contribution in [1.29, 1.82) is 0 Å². The SMILES string of the molecule is COC(=O)/C=C/c1c(-c2ccccc2)oc(-c2ccccc2)c(/C=C/C(=O)OC)c1=O. The van der Waals surface area contributed by atoms with Crippen molar-refractivity contribution < 1.29 is 23.5 Å². The van der Waals surface area contributed by atoms with E-state index in [2.05, 4.69) is 9.47 Å². The minimum atomic E-state index is -0.614. The van der Waals surface area contributed by atoms with Crippen molar-refractivity contribution in [3.8, 4) is 22.6 Å². The highest BCUT2D eigenvalue weighted by molar-refractivity contribution is 5.91. The monoisotopic (exact) mass is 416 g/mol. The van der Waals surface area contributed by atoms with Crippen LogP contribution >= 0.6 is 0 Å². The van der Waals surface area contributed by atoms with Gasteiger partial charge in [0.2, 0.25) is 5.43 Å². The van der Waals surface area contributed by atoms with Gasteiger partial charge in [-0.25, -0.2) is 9.59 Å². The molecule has 3 rings (SSSR count). The van der Waals surface area contributed by atoms with Gasteiger partial charge in [0.15, 0.2) is 0 Å². The molecule has 0 fully saturated rings. The second-order valence-corrected chi connectivity index (χ2v) is 6.36. The van der Waals surface area contributed by atoms with Crippen LogP contribution in [0.2, 0.25) is 0 Å². The van der Waals surface area contributed by atoms with Gasteiger partial charge >= 0.3 is 11.9 Å². The smallest absolute Gasteiger partial charge is 0.330 e. The summed E-state index contributed by atoms with van der Waals surface area (Å²) in [6.07, 6.45) is 5.00. The Balaban J connectivity index is 2.35. The van der Waals surface area contributed by atoms with Gasteiger partial charge in [0.25, 0.3) is 0 Å². The second kappa shape index (κ2) is 10.0. The zero-order valence-corrected chi connectivity index (χ0v) is 17.0. The lowest BCUT2D eigenvalue weighted by Gasteiger charge is -2.12. The molecule has 0 spiro atoms. The minimum absolute atomic E-state index is 0.154. The summed E-state index contributed by atoms with van der Waals surface area (Å²) in [5, 5.41) is 0. The van der Waals surface area contributed by atoms with Gasteiger partial charge in [0, 0.05) is 23.3 Å². The number of methoxy groups -OCH3 is 2. The maximum Gasteiger partial charge on any atom is 0.330 e. The zero-order chi connectivity index (χ0) is 22.2. The third kappa shape index (κ3) is 5.05. The van der Waals surface area contributed by atoms with Gasteiger partial charge in [-0.05, 0) is 12.2 Å². The molecule has 31 heavy (non-hydrogen) atoms. The molecule has 0 unspecified atom stereocenters. The fourth-order valence-electron chi connectivity index (χ4n) is 2.91. The first-order valence-electron chi connectivity index (χ1n) is 9.39. The van der Waals surface area contributed by atoms with E-state index < -0.39 is 17.4 Å². The Morgan fingerprint density at radius 3 is 1.45 bits per heavy atom. The van der Waals surface area contributed by atoms with E-state index in [0.717, 1.165) is 12.2 Å². The van der Waals surface area contributed by atoms with E-state index in [9.17, 15) is 14.4 Å². The predicted molar refractivity (Wildman–Crippen MR) is 118 cm³/mol. The van der Waals surface area contributed by atoms with E-state index in [1.165, 1.54) is 26.4 Å². The van der Waals surface area contributed by atoms with Gasteiger partial charge in [-0.2, -0.15) is 0 Å². The lowest BCUT2D eigenvalue weighted by molar-refractivity contribution is -0.135. The van der Waals surface area contributed by atoms with E-state index in [1.54, 1.807) is 24.3 Å². The molecule has 0 bridgehead atoms. The van der Waals surface area contributed by atoms with Gasteiger partial charge in [-0.1, -0.05) is 60.7 Å². The first kappa shape index (κ1) is 21.5. The van der Waals surface area contributed by atoms with Crippen LogP contribution in [0.4, 0.5) is 0 Å². The number of benzene rings is 2. The van der Waals surface area contributed by atoms with Gasteiger partial charge in [0.05, 0.1) is 25.3 Å². The van der Waals surface area contributed by atoms with Crippen molar-refractivity contribution >= 4 is 24.1 Å². The first-order valence-corrected chi connectivity index (χ1v) is 9.39. The Bertz CT molecular complexity index is 1100. The summed E-state index contributed by atoms with van der Waals surface area (Å²) in [6.45, 7) is 0. The van der Waals surface area contributed by atoms with Crippen molar-refractivity contribution in [2.75, 3.05) is 14.2 Å². The van der Waals surface area contributed by atoms with Crippen LogP contribution in [0.25, 0.3) is 34.8 Å². The number of rotatable bonds is 6. The zero-order valence-electron chi connectivity index (χ0n) is 17.0. The number of ether oxygens (including phenoxy) is 2. The van der Waals surface area contributed by atoms with E-state index in [-0.39, 0.29) is 11.1 Å². The van der Waals surface area contributed by atoms with Crippen LogP contribution < -0.4 is 5.43 Å². The van der Waals surface area contributed by atoms with Crippen LogP contribution in [0.1, 0.15) is 11.1 Å². The van der Waals surface area contributed by atoms with Crippen molar-refractivity contribution in [3.63, 3.8) is 0 Å². The highest BCUT2D eigenvalue weighted by Crippen LogP contribution is 2.31. The topological polar surface area (TPSA) is 82.8 Å².